The van der Waals surface area contributed by atoms with Crippen molar-refractivity contribution < 1.29 is 4.79 Å². The van der Waals surface area contributed by atoms with E-state index < -0.39 is 0 Å². The summed E-state index contributed by atoms with van der Waals surface area (Å²) >= 11 is 0. The van der Waals surface area contributed by atoms with Gasteiger partial charge in [-0.25, -0.2) is 0 Å². The number of aliphatic imine (C=N–C) groups is 1. The van der Waals surface area contributed by atoms with Crippen molar-refractivity contribution in [3.63, 3.8) is 0 Å². The monoisotopic (exact) mass is 405 g/mol. The van der Waals surface area contributed by atoms with Gasteiger partial charge in [-0.2, -0.15) is 0 Å². The molecule has 0 spiro atoms. The molecular weight excluding hydrogens is 354 g/mol. The van der Waals surface area contributed by atoms with Gasteiger partial charge < -0.3 is 4.79 Å². The fraction of sp³-hybridized carbons (Fsp3) is 0.704. The van der Waals surface area contributed by atoms with E-state index in [0.29, 0.717) is 0 Å². The second kappa shape index (κ2) is 24.6. The molecule has 2 nitrogen and oxygen atoms in total. The molecule has 0 saturated carbocycles. The Morgan fingerprint density at radius 3 is 1.86 bits per heavy atom. The topological polar surface area (TPSA) is 29.4 Å². The molecule has 0 aromatic heterocycles. The van der Waals surface area contributed by atoms with Gasteiger partial charge in [0, 0.05) is 6.21 Å². The lowest BCUT2D eigenvalue weighted by atomic mass is 10.1. The van der Waals surface area contributed by atoms with Crippen molar-refractivity contribution in [2.24, 2.45) is 16.8 Å². The van der Waals surface area contributed by atoms with Crippen molar-refractivity contribution in [3.05, 3.63) is 29.3 Å². The Kier molecular flexibility index (Phi) is 27.3. The second-order valence-corrected chi connectivity index (χ2v) is 8.08. The largest absolute Gasteiger partial charge is 0.304 e. The van der Waals surface area contributed by atoms with Crippen LogP contribution in [0.5, 0.6) is 0 Å². The Bertz CT molecular complexity index is 487. The number of nitrogens with zero attached hydrogens (tertiary/aromatic N) is 1. The van der Waals surface area contributed by atoms with Crippen LogP contribution in [-0.4, -0.2) is 12.5 Å². The fourth-order valence-corrected chi connectivity index (χ4v) is 2.27. The van der Waals surface area contributed by atoms with E-state index in [2.05, 4.69) is 78.6 Å². The van der Waals surface area contributed by atoms with Crippen molar-refractivity contribution in [2.75, 3.05) is 0 Å². The minimum absolute atomic E-state index is 0.750. The minimum Gasteiger partial charge on any atom is -0.304 e. The Morgan fingerprint density at radius 1 is 0.931 bits per heavy atom. The molecule has 1 aromatic rings. The standard InChI is InChI=1S/C10H13N.C9H20.C6H14.C2H4O/c1-4-11-10-7-8(2)5-6-9(10)3;1-4-5-6-7-8-9(2)3;1-4-6(3)5-2;1-2-3/h4-7H,1-3H3;9H,4-8H2,1-3H3;6H,4-5H2,1-3H3;2H,1H3. The van der Waals surface area contributed by atoms with Crippen molar-refractivity contribution >= 4 is 18.2 Å². The summed E-state index contributed by atoms with van der Waals surface area (Å²) in [6.07, 6.45) is 12.3. The van der Waals surface area contributed by atoms with Crippen LogP contribution in [-0.2, 0) is 4.79 Å². The third kappa shape index (κ3) is 26.6. The number of unbranched alkanes of at least 4 members (excludes halogenated alkanes) is 3. The second-order valence-electron chi connectivity index (χ2n) is 8.08. The van der Waals surface area contributed by atoms with Gasteiger partial charge in [0.2, 0.25) is 0 Å². The molecule has 0 aliphatic rings. The van der Waals surface area contributed by atoms with Gasteiger partial charge in [0.1, 0.15) is 6.29 Å². The normalized spacial score (nSPS) is 9.93. The van der Waals surface area contributed by atoms with Crippen LogP contribution < -0.4 is 0 Å². The number of aryl methyl sites for hydroxylation is 2. The lowest BCUT2D eigenvalue weighted by Gasteiger charge is -2.01. The number of aldehydes is 1. The summed E-state index contributed by atoms with van der Waals surface area (Å²) in [6.45, 7) is 21.1. The van der Waals surface area contributed by atoms with Crippen molar-refractivity contribution in [1.82, 2.24) is 0 Å². The van der Waals surface area contributed by atoms with E-state index in [1.54, 1.807) is 0 Å². The minimum atomic E-state index is 0.750. The highest BCUT2D eigenvalue weighted by atomic mass is 16.1. The average molecular weight is 406 g/mol. The van der Waals surface area contributed by atoms with E-state index in [0.717, 1.165) is 23.8 Å². The Hall–Kier alpha value is -1.44. The van der Waals surface area contributed by atoms with Crippen LogP contribution in [0.2, 0.25) is 0 Å². The van der Waals surface area contributed by atoms with E-state index in [9.17, 15) is 0 Å². The first-order valence-electron chi connectivity index (χ1n) is 11.7. The molecule has 170 valence electrons. The molecule has 0 saturated heterocycles. The van der Waals surface area contributed by atoms with Crippen molar-refractivity contribution in [1.29, 1.82) is 0 Å². The molecule has 0 amide bonds. The maximum atomic E-state index is 8.81. The van der Waals surface area contributed by atoms with Gasteiger partial charge in [0.25, 0.3) is 0 Å². The predicted molar refractivity (Wildman–Crippen MR) is 135 cm³/mol. The zero-order valence-electron chi connectivity index (χ0n) is 21.3. The molecule has 0 atom stereocenters. The van der Waals surface area contributed by atoms with E-state index >= 15 is 0 Å². The Balaban J connectivity index is -0.000000339. The molecule has 1 rings (SSSR count). The lowest BCUT2D eigenvalue weighted by Crippen LogP contribution is -1.86. The highest BCUT2D eigenvalue weighted by Crippen LogP contribution is 2.18. The van der Waals surface area contributed by atoms with Gasteiger partial charge in [-0.1, -0.05) is 98.6 Å². The molecule has 0 unspecified atom stereocenters. The van der Waals surface area contributed by atoms with Crippen LogP contribution in [0.15, 0.2) is 23.2 Å². The summed E-state index contributed by atoms with van der Waals surface area (Å²) < 4.78 is 0. The van der Waals surface area contributed by atoms with Gasteiger partial charge >= 0.3 is 0 Å². The van der Waals surface area contributed by atoms with Gasteiger partial charge in [-0.05, 0) is 56.7 Å². The number of hydrogen-bond donors (Lipinski definition) is 0. The molecule has 0 bridgehead atoms. The summed E-state index contributed by atoms with van der Waals surface area (Å²) in [5.41, 5.74) is 3.57. The maximum Gasteiger partial charge on any atom is 0.116 e. The third-order valence-electron chi connectivity index (χ3n) is 4.66. The van der Waals surface area contributed by atoms with Gasteiger partial charge in [0.15, 0.2) is 0 Å². The van der Waals surface area contributed by atoms with E-state index in [-0.39, 0.29) is 0 Å². The van der Waals surface area contributed by atoms with Gasteiger partial charge in [0.05, 0.1) is 5.69 Å². The number of hydrogen-bond acceptors (Lipinski definition) is 2. The quantitative estimate of drug-likeness (QED) is 0.240. The van der Waals surface area contributed by atoms with Crippen LogP contribution in [0.25, 0.3) is 0 Å². The van der Waals surface area contributed by atoms with E-state index in [4.69, 9.17) is 4.79 Å². The molecule has 0 heterocycles. The zero-order chi connectivity index (χ0) is 23.1. The first-order valence-corrected chi connectivity index (χ1v) is 11.7. The molecule has 1 aromatic carbocycles. The van der Waals surface area contributed by atoms with Crippen LogP contribution in [0.3, 0.4) is 0 Å². The lowest BCUT2D eigenvalue weighted by molar-refractivity contribution is -0.106. The molecule has 0 radical (unpaired) electrons. The number of carbonyl (C=O) groups is 1. The third-order valence-corrected chi connectivity index (χ3v) is 4.66. The molecule has 29 heavy (non-hydrogen) atoms. The van der Waals surface area contributed by atoms with E-state index in [1.165, 1.54) is 63.0 Å². The Morgan fingerprint density at radius 2 is 1.48 bits per heavy atom. The molecule has 0 aliphatic heterocycles. The first-order chi connectivity index (χ1) is 13.7. The molecule has 2 heteroatoms. The highest BCUT2D eigenvalue weighted by molar-refractivity contribution is 5.62. The summed E-state index contributed by atoms with van der Waals surface area (Å²) in [7, 11) is 0. The Labute approximate surface area is 183 Å². The SMILES string of the molecule is CC=Nc1cc(C)ccc1C.CC=O.CCC(C)CC.CCCCCCC(C)C. The molecule has 0 aliphatic carbocycles. The number of carbonyl (C=O) groups excluding carboxylic acids is 1. The van der Waals surface area contributed by atoms with Gasteiger partial charge in [-0.3, -0.25) is 4.99 Å². The van der Waals surface area contributed by atoms with Crippen LogP contribution in [0, 0.1) is 25.7 Å². The summed E-state index contributed by atoms with van der Waals surface area (Å²) in [4.78, 5) is 13.0. The van der Waals surface area contributed by atoms with Crippen molar-refractivity contribution in [2.45, 2.75) is 114 Å². The molecule has 0 N–H and O–H groups in total. The molecule has 0 fully saturated rings. The fourth-order valence-electron chi connectivity index (χ4n) is 2.27. The number of benzene rings is 1. The summed E-state index contributed by atoms with van der Waals surface area (Å²) in [5.74, 6) is 1.84. The van der Waals surface area contributed by atoms with Crippen molar-refractivity contribution in [3.8, 4) is 0 Å². The summed E-state index contributed by atoms with van der Waals surface area (Å²) in [5, 5.41) is 0. The smallest absolute Gasteiger partial charge is 0.116 e. The van der Waals surface area contributed by atoms with Crippen LogP contribution >= 0.6 is 0 Å². The van der Waals surface area contributed by atoms with E-state index in [1.807, 2.05) is 13.1 Å². The molecular formula is C27H51NO. The first kappa shape index (κ1) is 32.2. The van der Waals surface area contributed by atoms with Gasteiger partial charge in [-0.15, -0.1) is 0 Å². The van der Waals surface area contributed by atoms with Crippen LogP contribution in [0.1, 0.15) is 111 Å². The zero-order valence-corrected chi connectivity index (χ0v) is 21.3. The highest BCUT2D eigenvalue weighted by Gasteiger charge is 1.93. The average Bonchev–Trinajstić information content (AvgIpc) is 2.69. The number of rotatable bonds is 8. The summed E-state index contributed by atoms with van der Waals surface area (Å²) in [6, 6.07) is 6.29. The maximum absolute atomic E-state index is 8.81. The van der Waals surface area contributed by atoms with Crippen LogP contribution in [0.4, 0.5) is 5.69 Å². The predicted octanol–water partition coefficient (Wildman–Crippen LogP) is 9.29.